The van der Waals surface area contributed by atoms with Crippen molar-refractivity contribution >= 4 is 5.91 Å². The standard InChI is InChI=1S/C18H18F2N2O2/c1-10(11-3-4-11)22-17(23)13-7-16(18(24-2)21-9-13)12-5-14(19)8-15(20)6-12/h5-11H,3-4H2,1-2H3,(H,22,23)/t10-/m0/s1. The van der Waals surface area contributed by atoms with Crippen LogP contribution in [0.2, 0.25) is 0 Å². The van der Waals surface area contributed by atoms with E-state index in [9.17, 15) is 13.6 Å². The van der Waals surface area contributed by atoms with E-state index in [1.54, 1.807) is 0 Å². The number of nitrogens with one attached hydrogen (secondary N) is 1. The third kappa shape index (κ3) is 3.53. The molecule has 1 N–H and O–H groups in total. The third-order valence-electron chi connectivity index (χ3n) is 4.17. The molecule has 1 aliphatic rings. The molecule has 0 aliphatic heterocycles. The molecule has 0 saturated heterocycles. The summed E-state index contributed by atoms with van der Waals surface area (Å²) >= 11 is 0. The molecule has 1 aromatic carbocycles. The highest BCUT2D eigenvalue weighted by molar-refractivity contribution is 5.95. The molecule has 0 unspecified atom stereocenters. The van der Waals surface area contributed by atoms with Gasteiger partial charge >= 0.3 is 0 Å². The van der Waals surface area contributed by atoms with Crippen molar-refractivity contribution in [2.45, 2.75) is 25.8 Å². The maximum Gasteiger partial charge on any atom is 0.253 e. The molecule has 1 amide bonds. The number of pyridine rings is 1. The minimum absolute atomic E-state index is 0.0923. The number of aromatic nitrogens is 1. The first-order chi connectivity index (χ1) is 11.5. The molecule has 126 valence electrons. The molecule has 6 heteroatoms. The average molecular weight is 332 g/mol. The molecule has 1 saturated carbocycles. The fourth-order valence-electron chi connectivity index (χ4n) is 2.66. The van der Waals surface area contributed by atoms with Crippen LogP contribution in [0.15, 0.2) is 30.5 Å². The summed E-state index contributed by atoms with van der Waals surface area (Å²) in [6.07, 6.45) is 3.64. The molecular weight excluding hydrogens is 314 g/mol. The number of carbonyl (C=O) groups excluding carboxylic acids is 1. The summed E-state index contributed by atoms with van der Waals surface area (Å²) in [6.45, 7) is 1.97. The number of methoxy groups -OCH3 is 1. The number of hydrogen-bond acceptors (Lipinski definition) is 3. The van der Waals surface area contributed by atoms with Gasteiger partial charge in [-0.1, -0.05) is 0 Å². The average Bonchev–Trinajstić information content (AvgIpc) is 3.38. The number of amides is 1. The molecule has 1 fully saturated rings. The number of rotatable bonds is 5. The van der Waals surface area contributed by atoms with E-state index in [2.05, 4.69) is 10.3 Å². The van der Waals surface area contributed by atoms with Crippen LogP contribution in [-0.2, 0) is 0 Å². The fraction of sp³-hybridized carbons (Fsp3) is 0.333. The van der Waals surface area contributed by atoms with Gasteiger partial charge in [0.15, 0.2) is 0 Å². The number of ether oxygens (including phenoxy) is 1. The van der Waals surface area contributed by atoms with Gasteiger partial charge in [-0.3, -0.25) is 4.79 Å². The Kier molecular flexibility index (Phi) is 4.46. The normalized spacial score (nSPS) is 15.0. The Morgan fingerprint density at radius 3 is 2.50 bits per heavy atom. The number of hydrogen-bond donors (Lipinski definition) is 1. The summed E-state index contributed by atoms with van der Waals surface area (Å²) in [5, 5.41) is 2.93. The lowest BCUT2D eigenvalue weighted by Crippen LogP contribution is -2.34. The Hall–Kier alpha value is -2.50. The number of nitrogens with zero attached hydrogens (tertiary/aromatic N) is 1. The lowest BCUT2D eigenvalue weighted by molar-refractivity contribution is 0.0935. The summed E-state index contributed by atoms with van der Waals surface area (Å²) in [5.74, 6) is -0.945. The molecule has 1 atom stereocenters. The Morgan fingerprint density at radius 2 is 1.92 bits per heavy atom. The second-order valence-corrected chi connectivity index (χ2v) is 6.04. The Bertz CT molecular complexity index is 755. The second kappa shape index (κ2) is 6.55. The minimum atomic E-state index is -0.704. The third-order valence-corrected chi connectivity index (χ3v) is 4.17. The van der Waals surface area contributed by atoms with Gasteiger partial charge < -0.3 is 10.1 Å². The topological polar surface area (TPSA) is 51.2 Å². The van der Waals surface area contributed by atoms with E-state index in [1.807, 2.05) is 6.92 Å². The summed E-state index contributed by atoms with van der Waals surface area (Å²) < 4.78 is 32.1. The minimum Gasteiger partial charge on any atom is -0.481 e. The highest BCUT2D eigenvalue weighted by Gasteiger charge is 2.29. The van der Waals surface area contributed by atoms with E-state index < -0.39 is 11.6 Å². The molecule has 4 nitrogen and oxygen atoms in total. The van der Waals surface area contributed by atoms with Crippen LogP contribution in [0.4, 0.5) is 8.78 Å². The van der Waals surface area contributed by atoms with Gasteiger partial charge in [-0.15, -0.1) is 0 Å². The predicted molar refractivity (Wildman–Crippen MR) is 85.8 cm³/mol. The van der Waals surface area contributed by atoms with Crippen molar-refractivity contribution in [3.8, 4) is 17.0 Å². The van der Waals surface area contributed by atoms with Crippen LogP contribution in [0, 0.1) is 17.6 Å². The fourth-order valence-corrected chi connectivity index (χ4v) is 2.66. The molecule has 0 spiro atoms. The van der Waals surface area contributed by atoms with E-state index in [4.69, 9.17) is 4.74 Å². The Morgan fingerprint density at radius 1 is 1.25 bits per heavy atom. The maximum absolute atomic E-state index is 13.5. The van der Waals surface area contributed by atoms with E-state index in [0.717, 1.165) is 18.9 Å². The smallest absolute Gasteiger partial charge is 0.253 e. The van der Waals surface area contributed by atoms with Crippen molar-refractivity contribution in [3.63, 3.8) is 0 Å². The van der Waals surface area contributed by atoms with Crippen molar-refractivity contribution in [1.82, 2.24) is 10.3 Å². The second-order valence-electron chi connectivity index (χ2n) is 6.04. The number of benzene rings is 1. The highest BCUT2D eigenvalue weighted by Crippen LogP contribution is 2.33. The highest BCUT2D eigenvalue weighted by atomic mass is 19.1. The van der Waals surface area contributed by atoms with Gasteiger partial charge in [0, 0.05) is 23.9 Å². The first-order valence-electron chi connectivity index (χ1n) is 7.79. The zero-order chi connectivity index (χ0) is 17.3. The van der Waals surface area contributed by atoms with Crippen molar-refractivity contribution < 1.29 is 18.3 Å². The molecule has 3 rings (SSSR count). The van der Waals surface area contributed by atoms with Gasteiger partial charge in [0.25, 0.3) is 5.91 Å². The molecule has 0 bridgehead atoms. The molecular formula is C18H18F2N2O2. The van der Waals surface area contributed by atoms with Crippen LogP contribution in [0.3, 0.4) is 0 Å². The maximum atomic E-state index is 13.5. The van der Waals surface area contributed by atoms with Gasteiger partial charge in [0.2, 0.25) is 5.88 Å². The number of carbonyl (C=O) groups is 1. The molecule has 1 heterocycles. The quantitative estimate of drug-likeness (QED) is 0.911. The first-order valence-corrected chi connectivity index (χ1v) is 7.79. The number of halogens is 2. The lowest BCUT2D eigenvalue weighted by Gasteiger charge is -2.14. The zero-order valence-electron chi connectivity index (χ0n) is 13.5. The van der Waals surface area contributed by atoms with Gasteiger partial charge in [-0.05, 0) is 49.4 Å². The van der Waals surface area contributed by atoms with Crippen molar-refractivity contribution in [1.29, 1.82) is 0 Å². The molecule has 2 aromatic rings. The molecule has 1 aliphatic carbocycles. The van der Waals surface area contributed by atoms with Crippen LogP contribution in [0.1, 0.15) is 30.1 Å². The van der Waals surface area contributed by atoms with Crippen molar-refractivity contribution in [2.24, 2.45) is 5.92 Å². The molecule has 1 aromatic heterocycles. The van der Waals surface area contributed by atoms with Gasteiger partial charge in [0.1, 0.15) is 11.6 Å². The van der Waals surface area contributed by atoms with E-state index in [1.165, 1.54) is 31.5 Å². The zero-order valence-corrected chi connectivity index (χ0v) is 13.5. The van der Waals surface area contributed by atoms with E-state index in [-0.39, 0.29) is 23.4 Å². The Balaban J connectivity index is 1.94. The summed E-state index contributed by atoms with van der Waals surface area (Å²) in [7, 11) is 1.41. The SMILES string of the molecule is COc1ncc(C(=O)N[C@@H](C)C2CC2)cc1-c1cc(F)cc(F)c1. The van der Waals surface area contributed by atoms with Gasteiger partial charge in [-0.25, -0.2) is 13.8 Å². The molecule has 24 heavy (non-hydrogen) atoms. The monoisotopic (exact) mass is 332 g/mol. The van der Waals surface area contributed by atoms with Crippen LogP contribution >= 0.6 is 0 Å². The van der Waals surface area contributed by atoms with Crippen LogP contribution in [0.5, 0.6) is 5.88 Å². The van der Waals surface area contributed by atoms with E-state index >= 15 is 0 Å². The van der Waals surface area contributed by atoms with Gasteiger partial charge in [-0.2, -0.15) is 0 Å². The van der Waals surface area contributed by atoms with Crippen LogP contribution in [-0.4, -0.2) is 24.0 Å². The predicted octanol–water partition coefficient (Wildman–Crippen LogP) is 3.56. The molecule has 0 radical (unpaired) electrons. The van der Waals surface area contributed by atoms with Crippen molar-refractivity contribution in [2.75, 3.05) is 7.11 Å². The van der Waals surface area contributed by atoms with Crippen LogP contribution < -0.4 is 10.1 Å². The summed E-state index contributed by atoms with van der Waals surface area (Å²) in [4.78, 5) is 16.5. The van der Waals surface area contributed by atoms with E-state index in [0.29, 0.717) is 17.0 Å². The Labute approximate surface area is 138 Å². The van der Waals surface area contributed by atoms with Crippen LogP contribution in [0.25, 0.3) is 11.1 Å². The van der Waals surface area contributed by atoms with Gasteiger partial charge in [0.05, 0.1) is 12.7 Å². The first kappa shape index (κ1) is 16.4. The van der Waals surface area contributed by atoms with Crippen molar-refractivity contribution in [3.05, 3.63) is 47.7 Å². The summed E-state index contributed by atoms with van der Waals surface area (Å²) in [5.41, 5.74) is 0.951. The largest absolute Gasteiger partial charge is 0.481 e. The summed E-state index contributed by atoms with van der Waals surface area (Å²) in [6, 6.07) is 4.77. The lowest BCUT2D eigenvalue weighted by atomic mass is 10.0.